The van der Waals surface area contributed by atoms with E-state index in [0.717, 1.165) is 25.7 Å². The number of carbonyl (C=O) groups excluding carboxylic acids is 3. The molecule has 4 aliphatic carbocycles. The summed E-state index contributed by atoms with van der Waals surface area (Å²) in [6.07, 6.45) is 5.97. The average Bonchev–Trinajstić information content (AvgIpc) is 3.76. The summed E-state index contributed by atoms with van der Waals surface area (Å²) < 4.78 is 41.2. The van der Waals surface area contributed by atoms with Crippen molar-refractivity contribution in [3.8, 4) is 0 Å². The van der Waals surface area contributed by atoms with E-state index in [1.165, 1.54) is 6.07 Å². The molecule has 40 heavy (non-hydrogen) atoms. The Bertz CT molecular complexity index is 1370. The molecule has 1 saturated heterocycles. The van der Waals surface area contributed by atoms with E-state index < -0.39 is 34.5 Å². The van der Waals surface area contributed by atoms with Crippen molar-refractivity contribution in [1.29, 1.82) is 0 Å². The molecule has 7 nitrogen and oxygen atoms in total. The Morgan fingerprint density at radius 2 is 1.88 bits per heavy atom. The van der Waals surface area contributed by atoms with E-state index in [0.29, 0.717) is 49.5 Å². The van der Waals surface area contributed by atoms with Crippen molar-refractivity contribution in [3.63, 3.8) is 0 Å². The molecule has 5 fully saturated rings. The lowest BCUT2D eigenvalue weighted by Gasteiger charge is -2.56. The molecule has 2 atom stereocenters. The van der Waals surface area contributed by atoms with Crippen LogP contribution in [0.15, 0.2) is 18.2 Å². The second-order valence-electron chi connectivity index (χ2n) is 13.4. The molecule has 4 saturated carbocycles. The minimum atomic E-state index is -2.64. The van der Waals surface area contributed by atoms with Gasteiger partial charge in [0.25, 0.3) is 0 Å². The third-order valence-corrected chi connectivity index (χ3v) is 10.2. The Balaban J connectivity index is 1.07. The molecule has 214 valence electrons. The first kappa shape index (κ1) is 26.0. The molecule has 2 heterocycles. The summed E-state index contributed by atoms with van der Waals surface area (Å²) in [7, 11) is 0. The normalized spacial score (nSPS) is 26.8. The molecule has 1 spiro atoms. The molecule has 10 heteroatoms. The van der Waals surface area contributed by atoms with E-state index >= 15 is 0 Å². The van der Waals surface area contributed by atoms with Crippen LogP contribution in [0, 0.1) is 23.1 Å². The Hall–Kier alpha value is -2.91. The van der Waals surface area contributed by atoms with Crippen molar-refractivity contribution in [1.82, 2.24) is 20.2 Å². The first-order valence-electron chi connectivity index (χ1n) is 14.7. The maximum Gasteiger partial charge on any atom is 0.249 e. The smallest absolute Gasteiger partial charge is 0.249 e. The predicted octanol–water partition coefficient (Wildman–Crippen LogP) is 4.79. The SMILES string of the molecule is O=C(N[C@@H](CC(=O)N1CCCC1C1CC1)C(=O)CC1(c2nc3c(F)cccc3[nH]2)CC1)C1CC2(C1)CC(F)(F)C2. The summed E-state index contributed by atoms with van der Waals surface area (Å²) in [5, 5.41) is 2.86. The molecular weight excluding hydrogens is 521 g/mol. The number of halogens is 3. The molecule has 0 radical (unpaired) electrons. The molecule has 1 aromatic heterocycles. The Kier molecular flexibility index (Phi) is 5.88. The fourth-order valence-electron chi connectivity index (χ4n) is 7.76. The predicted molar refractivity (Wildman–Crippen MR) is 140 cm³/mol. The van der Waals surface area contributed by atoms with Gasteiger partial charge >= 0.3 is 0 Å². The number of Topliss-reactive ketones (excluding diaryl/α,β-unsaturated/α-hetero) is 1. The number of imidazole rings is 1. The molecular formula is C30H35F3N4O3. The van der Waals surface area contributed by atoms with E-state index in [1.807, 2.05) is 4.90 Å². The van der Waals surface area contributed by atoms with Crippen LogP contribution in [0.25, 0.3) is 11.0 Å². The van der Waals surface area contributed by atoms with Crippen molar-refractivity contribution >= 4 is 28.6 Å². The molecule has 1 unspecified atom stereocenters. The number of hydrogen-bond donors (Lipinski definition) is 2. The van der Waals surface area contributed by atoms with Gasteiger partial charge in [-0.3, -0.25) is 14.4 Å². The number of fused-ring (bicyclic) bond motifs is 1. The summed E-state index contributed by atoms with van der Waals surface area (Å²) in [4.78, 5) is 50.0. The largest absolute Gasteiger partial charge is 0.346 e. The zero-order valence-electron chi connectivity index (χ0n) is 22.5. The zero-order valence-corrected chi connectivity index (χ0v) is 22.5. The molecule has 1 aliphatic heterocycles. The highest BCUT2D eigenvalue weighted by molar-refractivity contribution is 5.95. The van der Waals surface area contributed by atoms with Crippen molar-refractivity contribution in [2.24, 2.45) is 17.3 Å². The number of H-pyrrole nitrogens is 1. The van der Waals surface area contributed by atoms with Gasteiger partial charge in [-0.2, -0.15) is 0 Å². The number of ketones is 1. The van der Waals surface area contributed by atoms with Crippen molar-refractivity contribution in [3.05, 3.63) is 29.8 Å². The lowest BCUT2D eigenvalue weighted by Crippen LogP contribution is -2.58. The average molecular weight is 557 g/mol. The number of nitrogens with zero attached hydrogens (tertiary/aromatic N) is 2. The second kappa shape index (κ2) is 9.05. The highest BCUT2D eigenvalue weighted by atomic mass is 19.3. The van der Waals surface area contributed by atoms with Crippen LogP contribution in [-0.4, -0.2) is 57.0 Å². The number of nitrogens with one attached hydrogen (secondary N) is 2. The molecule has 2 aromatic rings. The number of aromatic amines is 1. The van der Waals surface area contributed by atoms with E-state index in [9.17, 15) is 27.6 Å². The minimum Gasteiger partial charge on any atom is -0.346 e. The summed E-state index contributed by atoms with van der Waals surface area (Å²) in [5.74, 6) is -3.10. The van der Waals surface area contributed by atoms with Crippen molar-refractivity contribution < 1.29 is 27.6 Å². The van der Waals surface area contributed by atoms with Crippen molar-refractivity contribution in [2.75, 3.05) is 6.54 Å². The van der Waals surface area contributed by atoms with Gasteiger partial charge in [0, 0.05) is 43.2 Å². The molecule has 2 N–H and O–H groups in total. The second-order valence-corrected chi connectivity index (χ2v) is 13.4. The van der Waals surface area contributed by atoms with Gasteiger partial charge in [0.2, 0.25) is 17.7 Å². The fourth-order valence-corrected chi connectivity index (χ4v) is 7.76. The first-order valence-corrected chi connectivity index (χ1v) is 14.7. The number of alkyl halides is 2. The number of rotatable bonds is 9. The maximum absolute atomic E-state index is 14.3. The van der Waals surface area contributed by atoms with Gasteiger partial charge in [-0.15, -0.1) is 0 Å². The molecule has 1 aromatic carbocycles. The van der Waals surface area contributed by atoms with Gasteiger partial charge in [-0.25, -0.2) is 18.2 Å². The van der Waals surface area contributed by atoms with Crippen LogP contribution < -0.4 is 5.32 Å². The summed E-state index contributed by atoms with van der Waals surface area (Å²) in [5.41, 5.74) is -0.231. The molecule has 7 rings (SSSR count). The number of amides is 2. The number of para-hydroxylation sites is 1. The van der Waals surface area contributed by atoms with E-state index in [4.69, 9.17) is 0 Å². The lowest BCUT2D eigenvalue weighted by molar-refractivity contribution is -0.207. The van der Waals surface area contributed by atoms with Crippen LogP contribution >= 0.6 is 0 Å². The third kappa shape index (κ3) is 4.61. The molecule has 5 aliphatic rings. The van der Waals surface area contributed by atoms with Crippen LogP contribution in [0.2, 0.25) is 0 Å². The number of benzene rings is 1. The van der Waals surface area contributed by atoms with Gasteiger partial charge in [-0.05, 0) is 74.8 Å². The summed E-state index contributed by atoms with van der Waals surface area (Å²) in [6.45, 7) is 0.669. The van der Waals surface area contributed by atoms with Crippen LogP contribution in [0.4, 0.5) is 13.2 Å². The van der Waals surface area contributed by atoms with Crippen LogP contribution in [0.5, 0.6) is 0 Å². The Labute approximate surface area is 230 Å². The van der Waals surface area contributed by atoms with E-state index in [-0.39, 0.29) is 54.8 Å². The zero-order chi connectivity index (χ0) is 27.9. The highest BCUT2D eigenvalue weighted by Crippen LogP contribution is 2.64. The molecule has 2 amide bonds. The lowest BCUT2D eigenvalue weighted by atomic mass is 9.50. The number of carbonyl (C=O) groups is 3. The van der Waals surface area contributed by atoms with Gasteiger partial charge < -0.3 is 15.2 Å². The van der Waals surface area contributed by atoms with Crippen LogP contribution in [0.3, 0.4) is 0 Å². The number of hydrogen-bond acceptors (Lipinski definition) is 4. The van der Waals surface area contributed by atoms with Gasteiger partial charge in [0.05, 0.1) is 18.0 Å². The minimum absolute atomic E-state index is 0.0829. The Morgan fingerprint density at radius 3 is 2.52 bits per heavy atom. The van der Waals surface area contributed by atoms with Crippen LogP contribution in [0.1, 0.15) is 82.9 Å². The quantitative estimate of drug-likeness (QED) is 0.464. The first-order chi connectivity index (χ1) is 19.1. The number of likely N-dealkylation sites (tertiary alicyclic amines) is 1. The summed E-state index contributed by atoms with van der Waals surface area (Å²) >= 11 is 0. The van der Waals surface area contributed by atoms with Crippen LogP contribution in [-0.2, 0) is 19.8 Å². The monoisotopic (exact) mass is 556 g/mol. The van der Waals surface area contributed by atoms with Gasteiger partial charge in [0.15, 0.2) is 11.6 Å². The van der Waals surface area contributed by atoms with E-state index in [1.54, 1.807) is 12.1 Å². The number of aromatic nitrogens is 2. The third-order valence-electron chi connectivity index (χ3n) is 10.2. The van der Waals surface area contributed by atoms with Crippen molar-refractivity contribution in [2.45, 2.75) is 100 Å². The van der Waals surface area contributed by atoms with E-state index in [2.05, 4.69) is 15.3 Å². The summed E-state index contributed by atoms with van der Waals surface area (Å²) in [6, 6.07) is 3.91. The van der Waals surface area contributed by atoms with Gasteiger partial charge in [-0.1, -0.05) is 6.07 Å². The fraction of sp³-hybridized carbons (Fsp3) is 0.667. The topological polar surface area (TPSA) is 95.2 Å². The maximum atomic E-state index is 14.3. The van der Waals surface area contributed by atoms with Gasteiger partial charge in [0.1, 0.15) is 11.3 Å². The highest BCUT2D eigenvalue weighted by Gasteiger charge is 2.63. The molecule has 0 bridgehead atoms. The Morgan fingerprint density at radius 1 is 1.12 bits per heavy atom. The standard InChI is InChI=1S/C30H35F3N4O3/c31-19-3-1-4-20-25(19)36-27(35-20)29(8-9-29)14-23(38)21(11-24(39)37-10-2-5-22(37)17-6-7-17)34-26(40)18-12-28(13-18)15-30(32,33)16-28/h1,3-4,17-18,21-22H,2,5-16H2,(H,34,40)(H,35,36)/t21-,22?/m0/s1.